The first-order valence-electron chi connectivity index (χ1n) is 8.29. The van der Waals surface area contributed by atoms with Crippen molar-refractivity contribution in [2.24, 2.45) is 0 Å². The van der Waals surface area contributed by atoms with Crippen molar-refractivity contribution in [3.05, 3.63) is 70.6 Å². The van der Waals surface area contributed by atoms with E-state index in [0.29, 0.717) is 17.1 Å². The number of carbonyl (C=O) groups excluding carboxylic acids is 1. The summed E-state index contributed by atoms with van der Waals surface area (Å²) >= 11 is 6.41. The van der Waals surface area contributed by atoms with E-state index in [9.17, 15) is 14.7 Å². The minimum absolute atomic E-state index is 0.230. The van der Waals surface area contributed by atoms with Gasteiger partial charge in [-0.2, -0.15) is 0 Å². The van der Waals surface area contributed by atoms with Crippen LogP contribution in [0.1, 0.15) is 24.1 Å². The number of carbonyl (C=O) groups is 2. The third-order valence-electron chi connectivity index (χ3n) is 3.92. The standard InChI is InChI=1S/C20H17NO4S2/c1-2-25-15-10-8-13(9-11-15)12-16-18(22)21(20(26)27-16)17(19(23)24)14-6-4-3-5-7-14/h3-12,17H,2H2,1H3,(H,23,24)/b16-12-/t17-/m1/s1. The van der Waals surface area contributed by atoms with Gasteiger partial charge in [-0.05, 0) is 36.3 Å². The van der Waals surface area contributed by atoms with Crippen molar-refractivity contribution in [2.75, 3.05) is 6.61 Å². The van der Waals surface area contributed by atoms with Crippen LogP contribution in [0.3, 0.4) is 0 Å². The number of hydrogen-bond donors (Lipinski definition) is 1. The van der Waals surface area contributed by atoms with Crippen molar-refractivity contribution in [3.63, 3.8) is 0 Å². The van der Waals surface area contributed by atoms with Crippen molar-refractivity contribution in [2.45, 2.75) is 13.0 Å². The Morgan fingerprint density at radius 3 is 2.48 bits per heavy atom. The van der Waals surface area contributed by atoms with Crippen LogP contribution >= 0.6 is 24.0 Å². The molecular weight excluding hydrogens is 382 g/mol. The molecule has 0 bridgehead atoms. The molecule has 2 aromatic carbocycles. The first-order valence-corrected chi connectivity index (χ1v) is 9.51. The molecule has 0 aliphatic carbocycles. The summed E-state index contributed by atoms with van der Waals surface area (Å²) in [5.74, 6) is -0.785. The highest BCUT2D eigenvalue weighted by Gasteiger charge is 2.41. The lowest BCUT2D eigenvalue weighted by Gasteiger charge is -2.23. The van der Waals surface area contributed by atoms with Gasteiger partial charge in [0.1, 0.15) is 10.1 Å². The van der Waals surface area contributed by atoms with Gasteiger partial charge in [-0.15, -0.1) is 0 Å². The second-order valence-corrected chi connectivity index (χ2v) is 7.38. The van der Waals surface area contributed by atoms with E-state index in [-0.39, 0.29) is 4.32 Å². The smallest absolute Gasteiger partial charge is 0.331 e. The fraction of sp³-hybridized carbons (Fsp3) is 0.150. The van der Waals surface area contributed by atoms with E-state index >= 15 is 0 Å². The summed E-state index contributed by atoms with van der Waals surface area (Å²) in [6.07, 6.45) is 1.71. The Labute approximate surface area is 166 Å². The van der Waals surface area contributed by atoms with Gasteiger partial charge < -0.3 is 9.84 Å². The number of carboxylic acids is 1. The van der Waals surface area contributed by atoms with E-state index in [4.69, 9.17) is 17.0 Å². The summed E-state index contributed by atoms with van der Waals surface area (Å²) in [6.45, 7) is 2.49. The maximum absolute atomic E-state index is 12.9. The number of benzene rings is 2. The summed E-state index contributed by atoms with van der Waals surface area (Å²) in [6, 6.07) is 14.8. The number of aliphatic carboxylic acids is 1. The normalized spacial score (nSPS) is 16.6. The molecule has 1 heterocycles. The minimum atomic E-state index is -1.15. The average molecular weight is 399 g/mol. The molecule has 7 heteroatoms. The first kappa shape index (κ1) is 19.1. The highest BCUT2D eigenvalue weighted by Crippen LogP contribution is 2.38. The van der Waals surface area contributed by atoms with Crippen LogP contribution in [0.25, 0.3) is 6.08 Å². The summed E-state index contributed by atoms with van der Waals surface area (Å²) in [7, 11) is 0. The van der Waals surface area contributed by atoms with Gasteiger partial charge >= 0.3 is 5.97 Å². The Morgan fingerprint density at radius 1 is 1.22 bits per heavy atom. The molecule has 0 radical (unpaired) electrons. The van der Waals surface area contributed by atoms with E-state index < -0.39 is 17.9 Å². The zero-order chi connectivity index (χ0) is 19.4. The number of nitrogens with zero attached hydrogens (tertiary/aromatic N) is 1. The predicted molar refractivity (Wildman–Crippen MR) is 109 cm³/mol. The Kier molecular flexibility index (Phi) is 5.93. The van der Waals surface area contributed by atoms with Crippen molar-refractivity contribution in [3.8, 4) is 5.75 Å². The molecule has 0 unspecified atom stereocenters. The Hall–Kier alpha value is -2.64. The molecule has 27 heavy (non-hydrogen) atoms. The van der Waals surface area contributed by atoms with Gasteiger partial charge in [-0.1, -0.05) is 66.4 Å². The molecule has 1 aliphatic rings. The van der Waals surface area contributed by atoms with Crippen molar-refractivity contribution >= 4 is 46.3 Å². The Morgan fingerprint density at radius 2 is 1.89 bits per heavy atom. The Bertz CT molecular complexity index is 894. The van der Waals surface area contributed by atoms with Gasteiger partial charge in [-0.25, -0.2) is 4.79 Å². The van der Waals surface area contributed by atoms with Crippen molar-refractivity contribution in [1.82, 2.24) is 4.90 Å². The maximum atomic E-state index is 12.9. The van der Waals surface area contributed by atoms with E-state index in [1.807, 2.05) is 31.2 Å². The fourth-order valence-electron chi connectivity index (χ4n) is 2.72. The molecular formula is C20H17NO4S2. The van der Waals surface area contributed by atoms with Crippen molar-refractivity contribution in [1.29, 1.82) is 0 Å². The summed E-state index contributed by atoms with van der Waals surface area (Å²) < 4.78 is 5.64. The quantitative estimate of drug-likeness (QED) is 0.582. The molecule has 1 amide bonds. The first-order chi connectivity index (χ1) is 13.0. The van der Waals surface area contributed by atoms with Crippen LogP contribution < -0.4 is 4.74 Å². The second kappa shape index (κ2) is 8.37. The van der Waals surface area contributed by atoms with Crippen LogP contribution in [0.5, 0.6) is 5.75 Å². The third-order valence-corrected chi connectivity index (χ3v) is 5.25. The number of ether oxygens (including phenoxy) is 1. The van der Waals surface area contributed by atoms with E-state index in [2.05, 4.69) is 0 Å². The number of amides is 1. The molecule has 0 saturated carbocycles. The van der Waals surface area contributed by atoms with E-state index in [1.54, 1.807) is 36.4 Å². The summed E-state index contributed by atoms with van der Waals surface area (Å²) in [4.78, 5) is 26.3. The molecule has 0 aromatic heterocycles. The topological polar surface area (TPSA) is 66.8 Å². The molecule has 5 nitrogen and oxygen atoms in total. The largest absolute Gasteiger partial charge is 0.494 e. The van der Waals surface area contributed by atoms with Gasteiger partial charge in [0.05, 0.1) is 11.5 Å². The molecule has 1 aliphatic heterocycles. The molecule has 1 N–H and O–H groups in total. The van der Waals surface area contributed by atoms with Gasteiger partial charge in [0.2, 0.25) is 0 Å². The zero-order valence-electron chi connectivity index (χ0n) is 14.5. The molecule has 3 rings (SSSR count). The molecule has 1 atom stereocenters. The number of rotatable bonds is 6. The van der Waals surface area contributed by atoms with Crippen LogP contribution in [-0.4, -0.2) is 32.8 Å². The lowest BCUT2D eigenvalue weighted by molar-refractivity contribution is -0.145. The van der Waals surface area contributed by atoms with Crippen LogP contribution in [-0.2, 0) is 9.59 Å². The Balaban J connectivity index is 1.88. The number of thiocarbonyl (C=S) groups is 1. The van der Waals surface area contributed by atoms with Crippen molar-refractivity contribution < 1.29 is 19.4 Å². The molecule has 0 spiro atoms. The zero-order valence-corrected chi connectivity index (χ0v) is 16.1. The van der Waals surface area contributed by atoms with Gasteiger partial charge in [0, 0.05) is 0 Å². The second-order valence-electron chi connectivity index (χ2n) is 5.71. The van der Waals surface area contributed by atoms with E-state index in [1.165, 1.54) is 0 Å². The highest BCUT2D eigenvalue weighted by molar-refractivity contribution is 8.26. The fourth-order valence-corrected chi connectivity index (χ4v) is 4.03. The van der Waals surface area contributed by atoms with Gasteiger partial charge in [0.15, 0.2) is 6.04 Å². The number of carboxylic acid groups (broad SMARTS) is 1. The number of thioether (sulfide) groups is 1. The molecule has 138 valence electrons. The SMILES string of the molecule is CCOc1ccc(/C=C2\SC(=S)N([C@@H](C(=O)O)c3ccccc3)C2=O)cc1. The van der Waals surface area contributed by atoms with Gasteiger partial charge in [0.25, 0.3) is 5.91 Å². The highest BCUT2D eigenvalue weighted by atomic mass is 32.2. The van der Waals surface area contributed by atoms with Crippen LogP contribution in [0.15, 0.2) is 59.5 Å². The minimum Gasteiger partial charge on any atom is -0.494 e. The number of hydrogen-bond acceptors (Lipinski definition) is 5. The molecule has 1 fully saturated rings. The summed E-state index contributed by atoms with van der Waals surface area (Å²) in [5.41, 5.74) is 1.31. The van der Waals surface area contributed by atoms with E-state index in [0.717, 1.165) is 28.0 Å². The average Bonchev–Trinajstić information content (AvgIpc) is 2.92. The van der Waals surface area contributed by atoms with Crippen LogP contribution in [0.2, 0.25) is 0 Å². The van der Waals surface area contributed by atoms with Crippen LogP contribution in [0.4, 0.5) is 0 Å². The third kappa shape index (κ3) is 4.20. The summed E-state index contributed by atoms with van der Waals surface area (Å²) in [5, 5.41) is 9.68. The van der Waals surface area contributed by atoms with Gasteiger partial charge in [-0.3, -0.25) is 9.69 Å². The van der Waals surface area contributed by atoms with Crippen LogP contribution in [0, 0.1) is 0 Å². The monoisotopic (exact) mass is 399 g/mol. The molecule has 1 saturated heterocycles. The molecule has 2 aromatic rings. The lowest BCUT2D eigenvalue weighted by Crippen LogP contribution is -2.37. The maximum Gasteiger partial charge on any atom is 0.331 e. The lowest BCUT2D eigenvalue weighted by atomic mass is 10.1. The predicted octanol–water partition coefficient (Wildman–Crippen LogP) is 4.11.